The molecule has 8 heteroatoms. The zero-order valence-corrected chi connectivity index (χ0v) is 14.3. The minimum Gasteiger partial charge on any atom is -0.484 e. The van der Waals surface area contributed by atoms with E-state index in [1.54, 1.807) is 12.1 Å². The molecule has 1 aromatic rings. The van der Waals surface area contributed by atoms with E-state index >= 15 is 0 Å². The average Bonchev–Trinajstić information content (AvgIpc) is 2.89. The van der Waals surface area contributed by atoms with Crippen molar-refractivity contribution in [1.29, 1.82) is 0 Å². The van der Waals surface area contributed by atoms with Crippen molar-refractivity contribution < 1.29 is 19.5 Å². The number of aliphatic hydroxyl groups is 1. The highest BCUT2D eigenvalue weighted by Crippen LogP contribution is 2.42. The Labute approximate surface area is 146 Å². The maximum atomic E-state index is 11.6. The van der Waals surface area contributed by atoms with Gasteiger partial charge in [0.05, 0.1) is 30.8 Å². The van der Waals surface area contributed by atoms with Crippen LogP contribution in [0.5, 0.6) is 5.75 Å². The summed E-state index contributed by atoms with van der Waals surface area (Å²) >= 11 is 0. The zero-order valence-electron chi connectivity index (χ0n) is 14.3. The van der Waals surface area contributed by atoms with Crippen molar-refractivity contribution in [3.05, 3.63) is 27.8 Å². The van der Waals surface area contributed by atoms with Gasteiger partial charge in [0, 0.05) is 50.3 Å². The summed E-state index contributed by atoms with van der Waals surface area (Å²) < 4.78 is 11.1. The first-order valence-electron chi connectivity index (χ1n) is 8.67. The molecule has 136 valence electrons. The number of rotatable bonds is 4. The molecule has 0 aromatic heterocycles. The Balaban J connectivity index is 1.57. The Morgan fingerprint density at radius 1 is 1.32 bits per heavy atom. The zero-order chi connectivity index (χ0) is 17.6. The molecular weight excluding hydrogens is 326 g/mol. The van der Waals surface area contributed by atoms with Gasteiger partial charge in [-0.3, -0.25) is 15.0 Å². The molecule has 3 heterocycles. The van der Waals surface area contributed by atoms with Gasteiger partial charge < -0.3 is 19.5 Å². The van der Waals surface area contributed by atoms with Crippen molar-refractivity contribution in [2.24, 2.45) is 0 Å². The van der Waals surface area contributed by atoms with Gasteiger partial charge >= 0.3 is 0 Å². The van der Waals surface area contributed by atoms with Gasteiger partial charge in [-0.05, 0) is 6.92 Å². The number of benzene rings is 1. The predicted octanol–water partition coefficient (Wildman–Crippen LogP) is 0.801. The van der Waals surface area contributed by atoms with Crippen LogP contribution >= 0.6 is 0 Å². The lowest BCUT2D eigenvalue weighted by molar-refractivity contribution is -0.384. The Bertz CT molecular complexity index is 685. The average molecular weight is 349 g/mol. The van der Waals surface area contributed by atoms with Crippen LogP contribution in [0.3, 0.4) is 0 Å². The SMILES string of the molecule is CC1(CO)Cc2cc([N+](=O)[O-])c(N3CCN(C4COC4)CC3)cc2O1. The second kappa shape index (κ2) is 6.12. The van der Waals surface area contributed by atoms with Crippen LogP contribution < -0.4 is 9.64 Å². The number of fused-ring (bicyclic) bond motifs is 1. The van der Waals surface area contributed by atoms with Gasteiger partial charge in [0.2, 0.25) is 0 Å². The molecule has 8 nitrogen and oxygen atoms in total. The third-order valence-corrected chi connectivity index (χ3v) is 5.40. The van der Waals surface area contributed by atoms with Crippen molar-refractivity contribution in [2.75, 3.05) is 50.9 Å². The lowest BCUT2D eigenvalue weighted by atomic mass is 9.99. The number of hydrogen-bond donors (Lipinski definition) is 1. The van der Waals surface area contributed by atoms with Crippen LogP contribution in [-0.2, 0) is 11.2 Å². The molecular formula is C17H23N3O5. The van der Waals surface area contributed by atoms with Crippen molar-refractivity contribution in [2.45, 2.75) is 25.0 Å². The van der Waals surface area contributed by atoms with E-state index in [4.69, 9.17) is 9.47 Å². The minimum absolute atomic E-state index is 0.116. The monoisotopic (exact) mass is 349 g/mol. The molecule has 2 fully saturated rings. The Kier molecular flexibility index (Phi) is 4.05. The summed E-state index contributed by atoms with van der Waals surface area (Å²) in [6.07, 6.45) is 0.482. The molecule has 0 radical (unpaired) electrons. The van der Waals surface area contributed by atoms with Crippen LogP contribution in [0.15, 0.2) is 12.1 Å². The second-order valence-corrected chi connectivity index (χ2v) is 7.31. The Morgan fingerprint density at radius 3 is 2.60 bits per heavy atom. The molecule has 3 aliphatic rings. The van der Waals surface area contributed by atoms with Gasteiger partial charge in [-0.1, -0.05) is 0 Å². The minimum atomic E-state index is -0.697. The third-order valence-electron chi connectivity index (χ3n) is 5.40. The number of nitro benzene ring substituents is 1. The number of nitrogens with zero attached hydrogens (tertiary/aromatic N) is 3. The van der Waals surface area contributed by atoms with Crippen molar-refractivity contribution >= 4 is 11.4 Å². The molecule has 0 amide bonds. The van der Waals surface area contributed by atoms with Gasteiger partial charge in [0.25, 0.3) is 5.69 Å². The highest BCUT2D eigenvalue weighted by Gasteiger charge is 2.38. The van der Waals surface area contributed by atoms with Gasteiger partial charge in [0.15, 0.2) is 0 Å². The number of ether oxygens (including phenoxy) is 2. The number of piperazine rings is 1. The van der Waals surface area contributed by atoms with Gasteiger partial charge in [0.1, 0.15) is 17.0 Å². The van der Waals surface area contributed by atoms with Crippen molar-refractivity contribution in [3.63, 3.8) is 0 Å². The fraction of sp³-hybridized carbons (Fsp3) is 0.647. The highest BCUT2D eigenvalue weighted by molar-refractivity contribution is 5.69. The van der Waals surface area contributed by atoms with E-state index in [1.807, 2.05) is 6.92 Å². The summed E-state index contributed by atoms with van der Waals surface area (Å²) in [5, 5.41) is 21.1. The van der Waals surface area contributed by atoms with Gasteiger partial charge in [-0.2, -0.15) is 0 Å². The number of hydrogen-bond acceptors (Lipinski definition) is 7. The maximum Gasteiger partial charge on any atom is 0.293 e. The van der Waals surface area contributed by atoms with E-state index in [-0.39, 0.29) is 17.2 Å². The van der Waals surface area contributed by atoms with E-state index < -0.39 is 5.60 Å². The van der Waals surface area contributed by atoms with E-state index in [0.29, 0.717) is 23.9 Å². The topological polar surface area (TPSA) is 88.3 Å². The molecule has 1 atom stereocenters. The van der Waals surface area contributed by atoms with E-state index in [2.05, 4.69) is 9.80 Å². The standard InChI is InChI=1S/C17H23N3O5/c1-17(11-21)8-12-6-15(20(22)23)14(7-16(12)25-17)19-4-2-18(3-5-19)13-9-24-10-13/h6-7,13,21H,2-5,8-11H2,1H3. The van der Waals surface area contributed by atoms with Crippen LogP contribution in [0, 0.1) is 10.1 Å². The molecule has 3 aliphatic heterocycles. The molecule has 25 heavy (non-hydrogen) atoms. The summed E-state index contributed by atoms with van der Waals surface area (Å²) in [6, 6.07) is 3.87. The first-order chi connectivity index (χ1) is 12.0. The van der Waals surface area contributed by atoms with Crippen LogP contribution in [-0.4, -0.2) is 72.6 Å². The molecule has 2 saturated heterocycles. The summed E-state index contributed by atoms with van der Waals surface area (Å²) in [5.41, 5.74) is 0.815. The number of aliphatic hydroxyl groups excluding tert-OH is 1. The molecule has 0 bridgehead atoms. The number of anilines is 1. The first-order valence-corrected chi connectivity index (χ1v) is 8.67. The maximum absolute atomic E-state index is 11.6. The third kappa shape index (κ3) is 2.94. The predicted molar refractivity (Wildman–Crippen MR) is 91.3 cm³/mol. The second-order valence-electron chi connectivity index (χ2n) is 7.31. The lowest BCUT2D eigenvalue weighted by Crippen LogP contribution is -2.56. The summed E-state index contributed by atoms with van der Waals surface area (Å²) in [7, 11) is 0. The molecule has 0 aliphatic carbocycles. The van der Waals surface area contributed by atoms with Crippen LogP contribution in [0.25, 0.3) is 0 Å². The van der Waals surface area contributed by atoms with E-state index in [1.165, 1.54) is 0 Å². The quantitative estimate of drug-likeness (QED) is 0.635. The summed E-state index contributed by atoms with van der Waals surface area (Å²) in [6.45, 7) is 6.50. The fourth-order valence-corrected chi connectivity index (χ4v) is 3.79. The molecule has 0 saturated carbocycles. The summed E-state index contributed by atoms with van der Waals surface area (Å²) in [5.74, 6) is 0.645. The largest absolute Gasteiger partial charge is 0.484 e. The normalized spacial score (nSPS) is 26.9. The molecule has 0 spiro atoms. The van der Waals surface area contributed by atoms with Crippen LogP contribution in [0.4, 0.5) is 11.4 Å². The lowest BCUT2D eigenvalue weighted by Gasteiger charge is -2.43. The van der Waals surface area contributed by atoms with Gasteiger partial charge in [-0.25, -0.2) is 0 Å². The Hall–Kier alpha value is -1.90. The van der Waals surface area contributed by atoms with E-state index in [0.717, 1.165) is 45.0 Å². The highest BCUT2D eigenvalue weighted by atomic mass is 16.6. The van der Waals surface area contributed by atoms with Crippen molar-refractivity contribution in [1.82, 2.24) is 4.90 Å². The summed E-state index contributed by atoms with van der Waals surface area (Å²) in [4.78, 5) is 15.7. The van der Waals surface area contributed by atoms with Crippen LogP contribution in [0.2, 0.25) is 0 Å². The fourth-order valence-electron chi connectivity index (χ4n) is 3.79. The van der Waals surface area contributed by atoms with Crippen LogP contribution in [0.1, 0.15) is 12.5 Å². The molecule has 1 N–H and O–H groups in total. The Morgan fingerprint density at radius 2 is 2.04 bits per heavy atom. The first kappa shape index (κ1) is 16.6. The molecule has 1 aromatic carbocycles. The molecule has 1 unspecified atom stereocenters. The van der Waals surface area contributed by atoms with E-state index in [9.17, 15) is 15.2 Å². The smallest absolute Gasteiger partial charge is 0.293 e. The molecule has 4 rings (SSSR count). The van der Waals surface area contributed by atoms with Gasteiger partial charge in [-0.15, -0.1) is 0 Å². The van der Waals surface area contributed by atoms with Crippen molar-refractivity contribution in [3.8, 4) is 5.75 Å². The number of nitro groups is 1.